The Morgan fingerprint density at radius 3 is 2.79 bits per heavy atom. The molecule has 0 fully saturated rings. The van der Waals surface area contributed by atoms with Gasteiger partial charge in [-0.3, -0.25) is 14.6 Å². The zero-order chi connectivity index (χ0) is 25.9. The fraction of sp³-hybridized carbons (Fsp3) is 0.148. The smallest absolute Gasteiger partial charge is 0.252 e. The van der Waals surface area contributed by atoms with Crippen molar-refractivity contribution in [2.24, 2.45) is 0 Å². The van der Waals surface area contributed by atoms with Crippen LogP contribution in [0.15, 0.2) is 84.5 Å². The number of benzene rings is 2. The number of hydrogen-bond donors (Lipinski definition) is 1. The molecule has 0 saturated heterocycles. The third-order valence-corrected chi connectivity index (χ3v) is 7.04. The lowest BCUT2D eigenvalue weighted by atomic mass is 10.1. The topological polar surface area (TPSA) is 111 Å². The van der Waals surface area contributed by atoms with Crippen LogP contribution in [0, 0.1) is 0 Å². The molecule has 0 bridgehead atoms. The molecule has 6 rings (SSSR count). The molecular formula is C27H22N6O4S. The van der Waals surface area contributed by atoms with Gasteiger partial charge in [0.05, 0.1) is 5.52 Å². The highest BCUT2D eigenvalue weighted by atomic mass is 32.1. The summed E-state index contributed by atoms with van der Waals surface area (Å²) in [5.41, 5.74) is 2.76. The van der Waals surface area contributed by atoms with Crippen LogP contribution < -0.4 is 14.8 Å². The molecule has 0 saturated carbocycles. The minimum absolute atomic E-state index is 0.0834. The normalized spacial score (nSPS) is 12.8. The van der Waals surface area contributed by atoms with Gasteiger partial charge in [-0.15, -0.1) is 16.4 Å². The number of amides is 2. The van der Waals surface area contributed by atoms with Crippen molar-refractivity contribution in [2.75, 3.05) is 12.1 Å². The van der Waals surface area contributed by atoms with E-state index in [0.29, 0.717) is 22.7 Å². The Labute approximate surface area is 221 Å². The van der Waals surface area contributed by atoms with Crippen molar-refractivity contribution in [1.29, 1.82) is 0 Å². The standard InChI is InChI=1S/C27H22N6O4S/c34-25(16-33-21-7-2-1-6-20(21)30-31-33)32(15-18-5-3-11-28-14-18)26(24-8-4-12-38-24)27(35)29-19-9-10-22-23(13-19)37-17-36-22/h1-14,26H,15-17H2,(H,29,35). The molecule has 1 atom stereocenters. The second-order valence-electron chi connectivity index (χ2n) is 8.59. The third-order valence-electron chi connectivity index (χ3n) is 6.11. The number of nitrogens with zero attached hydrogens (tertiary/aromatic N) is 5. The molecular weight excluding hydrogens is 504 g/mol. The van der Waals surface area contributed by atoms with Gasteiger partial charge in [0, 0.05) is 35.6 Å². The van der Waals surface area contributed by atoms with E-state index in [1.54, 1.807) is 46.2 Å². The number of pyridine rings is 1. The molecule has 0 spiro atoms. The molecule has 2 amide bonds. The maximum absolute atomic E-state index is 13.9. The number of anilines is 1. The minimum atomic E-state index is -0.900. The van der Waals surface area contributed by atoms with Gasteiger partial charge in [-0.05, 0) is 47.3 Å². The Balaban J connectivity index is 1.34. The molecule has 11 heteroatoms. The van der Waals surface area contributed by atoms with E-state index in [-0.39, 0.29) is 31.7 Å². The number of aromatic nitrogens is 4. The molecule has 190 valence electrons. The van der Waals surface area contributed by atoms with Gasteiger partial charge in [-0.2, -0.15) is 0 Å². The molecule has 1 N–H and O–H groups in total. The fourth-order valence-electron chi connectivity index (χ4n) is 4.32. The van der Waals surface area contributed by atoms with Gasteiger partial charge >= 0.3 is 0 Å². The first kappa shape index (κ1) is 23.6. The first-order valence-corrected chi connectivity index (χ1v) is 12.7. The highest BCUT2D eigenvalue weighted by molar-refractivity contribution is 7.10. The van der Waals surface area contributed by atoms with E-state index in [2.05, 4.69) is 20.6 Å². The van der Waals surface area contributed by atoms with Crippen LogP contribution in [0.4, 0.5) is 5.69 Å². The molecule has 5 aromatic rings. The summed E-state index contributed by atoms with van der Waals surface area (Å²) in [6, 6.07) is 19.1. The van der Waals surface area contributed by atoms with Crippen LogP contribution >= 0.6 is 11.3 Å². The molecule has 10 nitrogen and oxygen atoms in total. The average molecular weight is 527 g/mol. The van der Waals surface area contributed by atoms with Crippen LogP contribution in [0.25, 0.3) is 11.0 Å². The van der Waals surface area contributed by atoms with Crippen LogP contribution in [0.1, 0.15) is 16.5 Å². The lowest BCUT2D eigenvalue weighted by Crippen LogP contribution is -2.42. The van der Waals surface area contributed by atoms with E-state index in [9.17, 15) is 9.59 Å². The number of rotatable bonds is 8. The Morgan fingerprint density at radius 2 is 1.95 bits per heavy atom. The molecule has 0 aliphatic carbocycles. The Bertz CT molecular complexity index is 1590. The zero-order valence-electron chi connectivity index (χ0n) is 20.1. The third kappa shape index (κ3) is 4.78. The van der Waals surface area contributed by atoms with Gasteiger partial charge in [0.2, 0.25) is 12.7 Å². The molecule has 4 heterocycles. The second kappa shape index (κ2) is 10.3. The van der Waals surface area contributed by atoms with Crippen molar-refractivity contribution in [3.05, 3.63) is 94.9 Å². The highest BCUT2D eigenvalue weighted by Gasteiger charge is 2.33. The van der Waals surface area contributed by atoms with Crippen LogP contribution in [0.2, 0.25) is 0 Å². The molecule has 1 unspecified atom stereocenters. The summed E-state index contributed by atoms with van der Waals surface area (Å²) >= 11 is 1.41. The first-order valence-electron chi connectivity index (χ1n) is 11.9. The number of para-hydroxylation sites is 1. The van der Waals surface area contributed by atoms with Gasteiger partial charge in [-0.25, -0.2) is 4.68 Å². The lowest BCUT2D eigenvalue weighted by Gasteiger charge is -2.30. The number of ether oxygens (including phenoxy) is 2. The second-order valence-corrected chi connectivity index (χ2v) is 9.57. The number of hydrogen-bond acceptors (Lipinski definition) is 8. The molecule has 0 radical (unpaired) electrons. The predicted octanol–water partition coefficient (Wildman–Crippen LogP) is 4.03. The van der Waals surface area contributed by atoms with E-state index in [1.807, 2.05) is 47.8 Å². The average Bonchev–Trinajstić information content (AvgIpc) is 3.71. The van der Waals surface area contributed by atoms with Gasteiger partial charge < -0.3 is 19.7 Å². The highest BCUT2D eigenvalue weighted by Crippen LogP contribution is 2.35. The van der Waals surface area contributed by atoms with Crippen LogP contribution in [0.5, 0.6) is 11.5 Å². The Kier molecular flexibility index (Phi) is 6.40. The Morgan fingerprint density at radius 1 is 1.05 bits per heavy atom. The van der Waals surface area contributed by atoms with Crippen molar-refractivity contribution in [3.63, 3.8) is 0 Å². The van der Waals surface area contributed by atoms with Crippen LogP contribution in [-0.2, 0) is 22.7 Å². The number of fused-ring (bicyclic) bond motifs is 2. The van der Waals surface area contributed by atoms with Gasteiger partial charge in [-0.1, -0.05) is 29.5 Å². The van der Waals surface area contributed by atoms with Crippen LogP contribution in [-0.4, -0.2) is 43.5 Å². The largest absolute Gasteiger partial charge is 0.454 e. The number of carbonyl (C=O) groups is 2. The Hall–Kier alpha value is -4.77. The zero-order valence-corrected chi connectivity index (χ0v) is 20.9. The summed E-state index contributed by atoms with van der Waals surface area (Å²) in [7, 11) is 0. The summed E-state index contributed by atoms with van der Waals surface area (Å²) in [6.45, 7) is 0.227. The van der Waals surface area contributed by atoms with Gasteiger partial charge in [0.25, 0.3) is 5.91 Å². The van der Waals surface area contributed by atoms with Crippen molar-refractivity contribution in [3.8, 4) is 11.5 Å². The number of carbonyl (C=O) groups excluding carboxylic acids is 2. The summed E-state index contributed by atoms with van der Waals surface area (Å²) in [5, 5.41) is 13.2. The SMILES string of the molecule is O=C(Nc1ccc2c(c1)OCO2)C(c1cccs1)N(Cc1cccnc1)C(=O)Cn1nnc2ccccc21. The summed E-state index contributed by atoms with van der Waals surface area (Å²) < 4.78 is 12.4. The maximum atomic E-state index is 13.9. The van der Waals surface area contributed by atoms with Gasteiger partial charge in [0.15, 0.2) is 11.5 Å². The van der Waals surface area contributed by atoms with E-state index in [0.717, 1.165) is 16.0 Å². The molecule has 38 heavy (non-hydrogen) atoms. The van der Waals surface area contributed by atoms with Crippen LogP contribution in [0.3, 0.4) is 0 Å². The van der Waals surface area contributed by atoms with E-state index < -0.39 is 6.04 Å². The molecule has 2 aromatic carbocycles. The summed E-state index contributed by atoms with van der Waals surface area (Å²) in [4.78, 5) is 34.2. The predicted molar refractivity (Wildman–Crippen MR) is 141 cm³/mol. The van der Waals surface area contributed by atoms with Crippen molar-refractivity contribution in [1.82, 2.24) is 24.9 Å². The first-order chi connectivity index (χ1) is 18.7. The minimum Gasteiger partial charge on any atom is -0.454 e. The van der Waals surface area contributed by atoms with Crippen molar-refractivity contribution >= 4 is 39.9 Å². The molecule has 3 aromatic heterocycles. The summed E-state index contributed by atoms with van der Waals surface area (Å²) in [5.74, 6) is 0.527. The molecule has 1 aliphatic rings. The monoisotopic (exact) mass is 526 g/mol. The van der Waals surface area contributed by atoms with Crippen molar-refractivity contribution < 1.29 is 19.1 Å². The summed E-state index contributed by atoms with van der Waals surface area (Å²) in [6.07, 6.45) is 3.35. The maximum Gasteiger partial charge on any atom is 0.252 e. The van der Waals surface area contributed by atoms with Gasteiger partial charge in [0.1, 0.15) is 18.1 Å². The number of thiophene rings is 1. The van der Waals surface area contributed by atoms with E-state index in [4.69, 9.17) is 9.47 Å². The van der Waals surface area contributed by atoms with E-state index >= 15 is 0 Å². The molecule has 1 aliphatic heterocycles. The van der Waals surface area contributed by atoms with E-state index in [1.165, 1.54) is 11.3 Å². The van der Waals surface area contributed by atoms with Crippen molar-refractivity contribution in [2.45, 2.75) is 19.1 Å². The number of nitrogens with one attached hydrogen (secondary N) is 1. The quantitative estimate of drug-likeness (QED) is 0.325. The fourth-order valence-corrected chi connectivity index (χ4v) is 5.16. The lowest BCUT2D eigenvalue weighted by molar-refractivity contribution is -0.140.